The third kappa shape index (κ3) is 3.09. The van der Waals surface area contributed by atoms with E-state index in [0.717, 1.165) is 33.6 Å². The maximum atomic E-state index is 13.5. The number of hydrogen-bond donors (Lipinski definition) is 1. The Balaban J connectivity index is 2.01. The van der Waals surface area contributed by atoms with Crippen molar-refractivity contribution in [3.63, 3.8) is 0 Å². The van der Waals surface area contributed by atoms with Gasteiger partial charge in [0.1, 0.15) is 0 Å². The van der Waals surface area contributed by atoms with Gasteiger partial charge in [-0.25, -0.2) is 4.68 Å². The highest BCUT2D eigenvalue weighted by Gasteiger charge is 2.19. The van der Waals surface area contributed by atoms with Gasteiger partial charge in [0, 0.05) is 5.56 Å². The minimum absolute atomic E-state index is 0.0367. The lowest BCUT2D eigenvalue weighted by Gasteiger charge is -2.07. The molecule has 0 atom stereocenters. The van der Waals surface area contributed by atoms with E-state index < -0.39 is 0 Å². The number of aryl methyl sites for hydroxylation is 4. The van der Waals surface area contributed by atoms with Gasteiger partial charge in [-0.2, -0.15) is 0 Å². The molecule has 0 fully saturated rings. The van der Waals surface area contributed by atoms with E-state index in [1.807, 2.05) is 48.5 Å². The number of aromatic nitrogens is 2. The van der Waals surface area contributed by atoms with Crippen molar-refractivity contribution < 1.29 is 0 Å². The van der Waals surface area contributed by atoms with Gasteiger partial charge in [-0.1, -0.05) is 60.2 Å². The Labute approximate surface area is 165 Å². The zero-order valence-electron chi connectivity index (χ0n) is 16.7. The first-order chi connectivity index (χ1) is 13.5. The first kappa shape index (κ1) is 18.1. The summed E-state index contributed by atoms with van der Waals surface area (Å²) in [6.07, 6.45) is 0. The fraction of sp³-hybridized carbons (Fsp3) is 0.160. The van der Waals surface area contributed by atoms with Crippen molar-refractivity contribution in [2.45, 2.75) is 27.7 Å². The molecule has 0 radical (unpaired) electrons. The Morgan fingerprint density at radius 3 is 2.14 bits per heavy atom. The Kier molecular flexibility index (Phi) is 4.52. The average molecular weight is 368 g/mol. The minimum atomic E-state index is -0.0367. The van der Waals surface area contributed by atoms with Crippen LogP contribution in [0.3, 0.4) is 0 Å². The summed E-state index contributed by atoms with van der Waals surface area (Å²) in [6, 6.07) is 22.4. The van der Waals surface area contributed by atoms with E-state index in [2.05, 4.69) is 51.0 Å². The average Bonchev–Trinajstić information content (AvgIpc) is 3.02. The zero-order chi connectivity index (χ0) is 19.8. The summed E-state index contributed by atoms with van der Waals surface area (Å²) in [6.45, 7) is 8.26. The first-order valence-electron chi connectivity index (χ1n) is 9.51. The molecule has 0 aliphatic carbocycles. The Morgan fingerprint density at radius 2 is 1.46 bits per heavy atom. The van der Waals surface area contributed by atoms with Crippen LogP contribution in [0.4, 0.5) is 0 Å². The number of aromatic amines is 1. The number of nitrogens with one attached hydrogen (secondary N) is 1. The van der Waals surface area contributed by atoms with E-state index >= 15 is 0 Å². The molecular weight excluding hydrogens is 344 g/mol. The van der Waals surface area contributed by atoms with Crippen LogP contribution in [0, 0.1) is 27.7 Å². The summed E-state index contributed by atoms with van der Waals surface area (Å²) in [7, 11) is 0. The van der Waals surface area contributed by atoms with Gasteiger partial charge in [-0.15, -0.1) is 0 Å². The predicted molar refractivity (Wildman–Crippen MR) is 116 cm³/mol. The largest absolute Gasteiger partial charge is 0.290 e. The lowest BCUT2D eigenvalue weighted by atomic mass is 9.98. The summed E-state index contributed by atoms with van der Waals surface area (Å²) in [5.74, 6) is 0. The molecule has 1 aromatic heterocycles. The predicted octanol–water partition coefficient (Wildman–Crippen LogP) is 5.73. The molecule has 3 aromatic carbocycles. The van der Waals surface area contributed by atoms with E-state index in [4.69, 9.17) is 0 Å². The second-order valence-electron chi connectivity index (χ2n) is 7.45. The fourth-order valence-electron chi connectivity index (χ4n) is 3.52. The third-order valence-electron chi connectivity index (χ3n) is 5.39. The van der Waals surface area contributed by atoms with Crippen LogP contribution in [-0.4, -0.2) is 9.78 Å². The number of H-pyrrole nitrogens is 1. The molecule has 0 saturated carbocycles. The maximum Gasteiger partial charge on any atom is 0.279 e. The Hall–Kier alpha value is -3.33. The molecule has 0 amide bonds. The molecule has 0 bridgehead atoms. The van der Waals surface area contributed by atoms with Gasteiger partial charge >= 0.3 is 0 Å². The normalized spacial score (nSPS) is 11.0. The lowest BCUT2D eigenvalue weighted by molar-refractivity contribution is 0.850. The Bertz CT molecular complexity index is 1210. The van der Waals surface area contributed by atoms with Crippen molar-refractivity contribution in [1.29, 1.82) is 0 Å². The number of hydrogen-bond acceptors (Lipinski definition) is 1. The molecule has 4 rings (SSSR count). The highest BCUT2D eigenvalue weighted by Crippen LogP contribution is 2.31. The van der Waals surface area contributed by atoms with Gasteiger partial charge in [0.15, 0.2) is 0 Å². The van der Waals surface area contributed by atoms with Gasteiger partial charge in [0.05, 0.1) is 16.9 Å². The summed E-state index contributed by atoms with van der Waals surface area (Å²) in [4.78, 5) is 13.5. The SMILES string of the molecule is Cc1ccc(-c2c(-c3ccccc3C)[nH]n(-c3ccc(C)c(C)c3)c2=O)cc1. The van der Waals surface area contributed by atoms with Crippen molar-refractivity contribution in [2.24, 2.45) is 0 Å². The molecule has 4 aromatic rings. The topological polar surface area (TPSA) is 37.8 Å². The van der Waals surface area contributed by atoms with E-state index in [1.54, 1.807) is 4.68 Å². The molecule has 0 aliphatic rings. The summed E-state index contributed by atoms with van der Waals surface area (Å²) >= 11 is 0. The van der Waals surface area contributed by atoms with Crippen molar-refractivity contribution >= 4 is 0 Å². The van der Waals surface area contributed by atoms with Gasteiger partial charge < -0.3 is 0 Å². The standard InChI is InChI=1S/C25H24N2O/c1-16-9-12-20(13-10-16)23-24(22-8-6-5-7-18(22)3)26-27(25(23)28)21-14-11-17(2)19(4)15-21/h5-15,26H,1-4H3. The number of rotatable bonds is 3. The zero-order valence-corrected chi connectivity index (χ0v) is 16.7. The summed E-state index contributed by atoms with van der Waals surface area (Å²) in [5, 5.41) is 3.39. The van der Waals surface area contributed by atoms with Crippen molar-refractivity contribution in [3.8, 4) is 28.1 Å². The molecule has 0 unspecified atom stereocenters. The number of benzene rings is 3. The second kappa shape index (κ2) is 7.01. The van der Waals surface area contributed by atoms with Crippen LogP contribution >= 0.6 is 0 Å². The molecule has 0 saturated heterocycles. The smallest absolute Gasteiger partial charge is 0.279 e. The fourth-order valence-corrected chi connectivity index (χ4v) is 3.52. The van der Waals surface area contributed by atoms with Crippen LogP contribution < -0.4 is 5.56 Å². The molecule has 3 heteroatoms. The third-order valence-corrected chi connectivity index (χ3v) is 5.39. The van der Waals surface area contributed by atoms with Gasteiger partial charge in [0.25, 0.3) is 5.56 Å². The molecule has 0 spiro atoms. The lowest BCUT2D eigenvalue weighted by Crippen LogP contribution is -2.15. The van der Waals surface area contributed by atoms with Crippen LogP contribution in [0.1, 0.15) is 22.3 Å². The highest BCUT2D eigenvalue weighted by molar-refractivity contribution is 5.82. The quantitative estimate of drug-likeness (QED) is 0.492. The summed E-state index contributed by atoms with van der Waals surface area (Å²) < 4.78 is 1.66. The molecule has 1 heterocycles. The van der Waals surface area contributed by atoms with E-state index in [1.165, 1.54) is 11.1 Å². The summed E-state index contributed by atoms with van der Waals surface area (Å²) in [5.41, 5.74) is 9.00. The molecule has 1 N–H and O–H groups in total. The molecule has 140 valence electrons. The van der Waals surface area contributed by atoms with E-state index in [9.17, 15) is 4.79 Å². The van der Waals surface area contributed by atoms with Crippen molar-refractivity contribution in [2.75, 3.05) is 0 Å². The van der Waals surface area contributed by atoms with Crippen LogP contribution in [-0.2, 0) is 0 Å². The van der Waals surface area contributed by atoms with Gasteiger partial charge in [0.2, 0.25) is 0 Å². The molecule has 0 aliphatic heterocycles. The van der Waals surface area contributed by atoms with Gasteiger partial charge in [-0.3, -0.25) is 9.89 Å². The molecule has 28 heavy (non-hydrogen) atoms. The highest BCUT2D eigenvalue weighted by atomic mass is 16.1. The minimum Gasteiger partial charge on any atom is -0.290 e. The van der Waals surface area contributed by atoms with E-state index in [0.29, 0.717) is 5.56 Å². The monoisotopic (exact) mass is 368 g/mol. The van der Waals surface area contributed by atoms with Crippen molar-refractivity contribution in [3.05, 3.63) is 99.3 Å². The Morgan fingerprint density at radius 1 is 0.750 bits per heavy atom. The second-order valence-corrected chi connectivity index (χ2v) is 7.45. The van der Waals surface area contributed by atoms with Crippen molar-refractivity contribution in [1.82, 2.24) is 9.78 Å². The maximum absolute atomic E-state index is 13.5. The van der Waals surface area contributed by atoms with Crippen LogP contribution in [0.15, 0.2) is 71.5 Å². The molecular formula is C25H24N2O. The van der Waals surface area contributed by atoms with Crippen LogP contribution in [0.2, 0.25) is 0 Å². The van der Waals surface area contributed by atoms with Crippen LogP contribution in [0.5, 0.6) is 0 Å². The number of nitrogens with zero attached hydrogens (tertiary/aromatic N) is 1. The molecule has 3 nitrogen and oxygen atoms in total. The first-order valence-corrected chi connectivity index (χ1v) is 9.51. The van der Waals surface area contributed by atoms with Gasteiger partial charge in [-0.05, 0) is 62.1 Å². The van der Waals surface area contributed by atoms with E-state index in [-0.39, 0.29) is 5.56 Å². The van der Waals surface area contributed by atoms with Crippen LogP contribution in [0.25, 0.3) is 28.1 Å².